The summed E-state index contributed by atoms with van der Waals surface area (Å²) in [6, 6.07) is -0.134. The lowest BCUT2D eigenvalue weighted by Gasteiger charge is -2.25. The molecule has 1 saturated carbocycles. The molecule has 6 heavy (non-hydrogen) atoms. The van der Waals surface area contributed by atoms with Gasteiger partial charge in [-0.05, 0) is 12.8 Å². The molecule has 0 aromatic heterocycles. The zero-order valence-corrected chi connectivity index (χ0v) is 3.52. The van der Waals surface area contributed by atoms with E-state index in [1.54, 1.807) is 0 Å². The molecular weight excluding hydrogens is 81.0 g/mol. The van der Waals surface area contributed by atoms with Crippen LogP contribution in [-0.2, 0) is 0 Å². The molecule has 0 amide bonds. The third-order valence-corrected chi connectivity index (χ3v) is 1.24. The van der Waals surface area contributed by atoms with Crippen LogP contribution in [0.3, 0.4) is 0 Å². The van der Waals surface area contributed by atoms with Crippen molar-refractivity contribution in [2.24, 2.45) is 5.73 Å². The SMILES string of the molecule is NC1CCC1F. The fraction of sp³-hybridized carbons (Fsp3) is 1.00. The summed E-state index contributed by atoms with van der Waals surface area (Å²) in [7, 11) is 0. The van der Waals surface area contributed by atoms with Gasteiger partial charge in [-0.3, -0.25) is 0 Å². The number of rotatable bonds is 0. The van der Waals surface area contributed by atoms with Crippen molar-refractivity contribution in [3.05, 3.63) is 0 Å². The Balaban J connectivity index is 2.20. The number of alkyl halides is 1. The van der Waals surface area contributed by atoms with Gasteiger partial charge in [-0.15, -0.1) is 0 Å². The lowest BCUT2D eigenvalue weighted by molar-refractivity contribution is 0.173. The van der Waals surface area contributed by atoms with Crippen LogP contribution in [0.25, 0.3) is 0 Å². The van der Waals surface area contributed by atoms with Gasteiger partial charge >= 0.3 is 0 Å². The Bertz CT molecular complexity index is 47.5. The van der Waals surface area contributed by atoms with E-state index in [-0.39, 0.29) is 6.04 Å². The van der Waals surface area contributed by atoms with Gasteiger partial charge in [0.25, 0.3) is 0 Å². The Hall–Kier alpha value is -0.110. The van der Waals surface area contributed by atoms with Crippen molar-refractivity contribution < 1.29 is 4.39 Å². The summed E-state index contributed by atoms with van der Waals surface area (Å²) in [5.74, 6) is 0. The molecule has 0 saturated heterocycles. The third kappa shape index (κ3) is 0.411. The van der Waals surface area contributed by atoms with Crippen molar-refractivity contribution in [2.75, 3.05) is 0 Å². The molecule has 1 nitrogen and oxygen atoms in total. The summed E-state index contributed by atoms with van der Waals surface area (Å²) in [6.07, 6.45) is 0.868. The molecule has 2 N–H and O–H groups in total. The molecule has 2 heteroatoms. The van der Waals surface area contributed by atoms with Gasteiger partial charge in [-0.1, -0.05) is 0 Å². The molecule has 0 aromatic rings. The first-order valence-electron chi connectivity index (χ1n) is 2.20. The van der Waals surface area contributed by atoms with Gasteiger partial charge in [0.2, 0.25) is 0 Å². The van der Waals surface area contributed by atoms with Gasteiger partial charge < -0.3 is 5.73 Å². The molecule has 0 bridgehead atoms. The normalized spacial score (nSPS) is 45.0. The van der Waals surface area contributed by atoms with E-state index in [0.717, 1.165) is 6.42 Å². The Morgan fingerprint density at radius 2 is 2.00 bits per heavy atom. The molecule has 0 heterocycles. The van der Waals surface area contributed by atoms with Gasteiger partial charge in [0.15, 0.2) is 0 Å². The Kier molecular flexibility index (Phi) is 0.804. The van der Waals surface area contributed by atoms with Gasteiger partial charge in [-0.25, -0.2) is 4.39 Å². The van der Waals surface area contributed by atoms with Gasteiger partial charge in [0.1, 0.15) is 6.17 Å². The van der Waals surface area contributed by atoms with E-state index in [1.807, 2.05) is 0 Å². The molecule has 1 fully saturated rings. The fourth-order valence-corrected chi connectivity index (χ4v) is 0.485. The molecule has 1 rings (SSSR count). The van der Waals surface area contributed by atoms with Crippen molar-refractivity contribution in [3.63, 3.8) is 0 Å². The van der Waals surface area contributed by atoms with Crippen molar-refractivity contribution in [1.29, 1.82) is 0 Å². The van der Waals surface area contributed by atoms with Crippen LogP contribution in [0.2, 0.25) is 0 Å². The molecule has 36 valence electrons. The first kappa shape index (κ1) is 4.06. The first-order chi connectivity index (χ1) is 2.80. The van der Waals surface area contributed by atoms with Gasteiger partial charge in [-0.2, -0.15) is 0 Å². The average Bonchev–Trinajstić information content (AvgIpc) is 1.61. The van der Waals surface area contributed by atoms with Crippen LogP contribution in [0.4, 0.5) is 4.39 Å². The molecule has 2 unspecified atom stereocenters. The Labute approximate surface area is 36.3 Å². The minimum Gasteiger partial charge on any atom is -0.325 e. The summed E-state index contributed by atoms with van der Waals surface area (Å²) < 4.78 is 11.8. The van der Waals surface area contributed by atoms with Crippen LogP contribution >= 0.6 is 0 Å². The molecule has 2 atom stereocenters. The van der Waals surface area contributed by atoms with E-state index < -0.39 is 6.17 Å². The summed E-state index contributed by atoms with van der Waals surface area (Å²) in [5, 5.41) is 0. The Morgan fingerprint density at radius 3 is 2.00 bits per heavy atom. The van der Waals surface area contributed by atoms with E-state index >= 15 is 0 Å². The van der Waals surface area contributed by atoms with Crippen molar-refractivity contribution in [2.45, 2.75) is 25.1 Å². The van der Waals surface area contributed by atoms with E-state index in [1.165, 1.54) is 0 Å². The van der Waals surface area contributed by atoms with E-state index in [0.29, 0.717) is 6.42 Å². The highest BCUT2D eigenvalue weighted by Crippen LogP contribution is 2.19. The molecular formula is C4H8FN. The summed E-state index contributed by atoms with van der Waals surface area (Å²) in [4.78, 5) is 0. The van der Waals surface area contributed by atoms with E-state index in [4.69, 9.17) is 5.73 Å². The predicted molar refractivity (Wildman–Crippen MR) is 22.1 cm³/mol. The Morgan fingerprint density at radius 1 is 1.50 bits per heavy atom. The molecule has 0 spiro atoms. The molecule has 1 aliphatic rings. The predicted octanol–water partition coefficient (Wildman–Crippen LogP) is 0.446. The van der Waals surface area contributed by atoms with E-state index in [9.17, 15) is 4.39 Å². The lowest BCUT2D eigenvalue weighted by Crippen LogP contribution is -2.40. The van der Waals surface area contributed by atoms with Crippen LogP contribution in [0.1, 0.15) is 12.8 Å². The second-order valence-electron chi connectivity index (χ2n) is 1.76. The van der Waals surface area contributed by atoms with Crippen molar-refractivity contribution in [3.8, 4) is 0 Å². The quantitative estimate of drug-likeness (QED) is 0.458. The zero-order valence-electron chi connectivity index (χ0n) is 3.52. The maximum Gasteiger partial charge on any atom is 0.115 e. The highest BCUT2D eigenvalue weighted by Gasteiger charge is 2.25. The fourth-order valence-electron chi connectivity index (χ4n) is 0.485. The van der Waals surface area contributed by atoms with Crippen molar-refractivity contribution >= 4 is 0 Å². The number of halogens is 1. The summed E-state index contributed by atoms with van der Waals surface area (Å²) in [5.41, 5.74) is 5.15. The summed E-state index contributed by atoms with van der Waals surface area (Å²) in [6.45, 7) is 0. The van der Waals surface area contributed by atoms with Crippen molar-refractivity contribution in [1.82, 2.24) is 0 Å². The average molecular weight is 89.1 g/mol. The highest BCUT2D eigenvalue weighted by molar-refractivity contribution is 4.82. The third-order valence-electron chi connectivity index (χ3n) is 1.24. The topological polar surface area (TPSA) is 26.0 Å². The number of hydrogen-bond donors (Lipinski definition) is 1. The maximum absolute atomic E-state index is 11.8. The molecule has 1 aliphatic carbocycles. The van der Waals surface area contributed by atoms with Crippen LogP contribution < -0.4 is 5.73 Å². The van der Waals surface area contributed by atoms with Crippen LogP contribution in [0.5, 0.6) is 0 Å². The molecule has 0 aromatic carbocycles. The van der Waals surface area contributed by atoms with Gasteiger partial charge in [0.05, 0.1) is 0 Å². The standard InChI is InChI=1S/C4H8FN/c5-3-1-2-4(3)6/h3-4H,1-2,6H2. The second-order valence-corrected chi connectivity index (χ2v) is 1.76. The summed E-state index contributed by atoms with van der Waals surface area (Å²) >= 11 is 0. The lowest BCUT2D eigenvalue weighted by atomic mass is 9.92. The van der Waals surface area contributed by atoms with Crippen LogP contribution in [0, 0.1) is 0 Å². The largest absolute Gasteiger partial charge is 0.325 e. The number of nitrogens with two attached hydrogens (primary N) is 1. The smallest absolute Gasteiger partial charge is 0.115 e. The minimum absolute atomic E-state index is 0.134. The molecule has 0 radical (unpaired) electrons. The number of hydrogen-bond acceptors (Lipinski definition) is 1. The van der Waals surface area contributed by atoms with Gasteiger partial charge in [0, 0.05) is 6.04 Å². The van der Waals surface area contributed by atoms with Crippen LogP contribution in [-0.4, -0.2) is 12.2 Å². The van der Waals surface area contributed by atoms with E-state index in [2.05, 4.69) is 0 Å². The first-order valence-corrected chi connectivity index (χ1v) is 2.20. The molecule has 0 aliphatic heterocycles. The van der Waals surface area contributed by atoms with Crippen LogP contribution in [0.15, 0.2) is 0 Å². The monoisotopic (exact) mass is 89.1 g/mol. The zero-order chi connectivity index (χ0) is 4.57. The second kappa shape index (κ2) is 1.19. The minimum atomic E-state index is -0.690. The highest BCUT2D eigenvalue weighted by atomic mass is 19.1. The maximum atomic E-state index is 11.8.